The summed E-state index contributed by atoms with van der Waals surface area (Å²) in [6, 6.07) is 0. The molecule has 1 aromatic heterocycles. The Morgan fingerprint density at radius 3 is 2.64 bits per heavy atom. The molecule has 11 heavy (non-hydrogen) atoms. The first-order valence-electron chi connectivity index (χ1n) is 3.80. The minimum atomic E-state index is 0.665. The average Bonchev–Trinajstić information content (AvgIpc) is 2.10. The van der Waals surface area contributed by atoms with E-state index in [1.165, 1.54) is 0 Å². The lowest BCUT2D eigenvalue weighted by Gasteiger charge is -1.97. The second-order valence-corrected chi connectivity index (χ2v) is 3.66. The second kappa shape index (κ2) is 3.26. The fourth-order valence-electron chi connectivity index (χ4n) is 1.06. The van der Waals surface area contributed by atoms with Crippen molar-refractivity contribution >= 4 is 11.6 Å². The Balaban J connectivity index is 2.73. The molecule has 0 saturated carbocycles. The van der Waals surface area contributed by atoms with Gasteiger partial charge in [0.1, 0.15) is 6.20 Å². The molecule has 0 aliphatic carbocycles. The zero-order chi connectivity index (χ0) is 8.43. The van der Waals surface area contributed by atoms with Crippen molar-refractivity contribution in [3.8, 4) is 0 Å². The molecule has 0 unspecified atom stereocenters. The molecule has 0 aromatic carbocycles. The van der Waals surface area contributed by atoms with Crippen LogP contribution in [-0.2, 0) is 13.6 Å². The van der Waals surface area contributed by atoms with Crippen LogP contribution in [0, 0.1) is 5.92 Å². The molecule has 0 aliphatic rings. The van der Waals surface area contributed by atoms with Gasteiger partial charge in [0.25, 0.3) is 0 Å². The fourth-order valence-corrected chi connectivity index (χ4v) is 1.23. The highest BCUT2D eigenvalue weighted by molar-refractivity contribution is 6.29. The number of hydrogen-bond donors (Lipinski definition) is 0. The fraction of sp³-hybridized carbons (Fsp3) is 0.625. The highest BCUT2D eigenvalue weighted by atomic mass is 35.5. The molecule has 0 aliphatic heterocycles. The number of aromatic nitrogens is 2. The van der Waals surface area contributed by atoms with Gasteiger partial charge in [-0.1, -0.05) is 13.8 Å². The summed E-state index contributed by atoms with van der Waals surface area (Å²) in [5.74, 6) is 0.665. The van der Waals surface area contributed by atoms with Gasteiger partial charge in [-0.25, -0.2) is 9.13 Å². The third-order valence-electron chi connectivity index (χ3n) is 1.51. The summed E-state index contributed by atoms with van der Waals surface area (Å²) >= 11 is 5.85. The van der Waals surface area contributed by atoms with Crippen molar-refractivity contribution in [3.63, 3.8) is 0 Å². The monoisotopic (exact) mass is 173 g/mol. The molecule has 0 spiro atoms. The Morgan fingerprint density at radius 2 is 2.27 bits per heavy atom. The highest BCUT2D eigenvalue weighted by Crippen LogP contribution is 2.02. The Bertz CT molecular complexity index is 221. The normalized spacial score (nSPS) is 11.0. The predicted octanol–water partition coefficient (Wildman–Crippen LogP) is 1.62. The summed E-state index contributed by atoms with van der Waals surface area (Å²) < 4.78 is 4.01. The Kier molecular flexibility index (Phi) is 2.55. The zero-order valence-electron chi connectivity index (χ0n) is 7.21. The molecule has 1 aromatic rings. The largest absolute Gasteiger partial charge is 0.244 e. The molecule has 0 N–H and O–H groups in total. The van der Waals surface area contributed by atoms with E-state index in [-0.39, 0.29) is 0 Å². The second-order valence-electron chi connectivity index (χ2n) is 3.27. The van der Waals surface area contributed by atoms with Crippen LogP contribution in [0.15, 0.2) is 12.5 Å². The molecule has 0 atom stereocenters. The van der Waals surface area contributed by atoms with Crippen molar-refractivity contribution in [1.29, 1.82) is 0 Å². The number of halogens is 1. The molecule has 2 nitrogen and oxygen atoms in total. The third-order valence-corrected chi connectivity index (χ3v) is 1.87. The van der Waals surface area contributed by atoms with Crippen molar-refractivity contribution in [1.82, 2.24) is 4.57 Å². The van der Waals surface area contributed by atoms with Gasteiger partial charge in [0.2, 0.25) is 11.5 Å². The minimum absolute atomic E-state index is 0.665. The van der Waals surface area contributed by atoms with E-state index >= 15 is 0 Å². The first-order chi connectivity index (χ1) is 5.09. The van der Waals surface area contributed by atoms with Crippen LogP contribution < -0.4 is 4.57 Å². The van der Waals surface area contributed by atoms with E-state index in [9.17, 15) is 0 Å². The van der Waals surface area contributed by atoms with Crippen molar-refractivity contribution in [2.75, 3.05) is 0 Å². The van der Waals surface area contributed by atoms with E-state index in [2.05, 4.69) is 18.4 Å². The summed E-state index contributed by atoms with van der Waals surface area (Å²) in [5.41, 5.74) is 0. The van der Waals surface area contributed by atoms with Gasteiger partial charge in [-0.15, -0.1) is 0 Å². The van der Waals surface area contributed by atoms with Gasteiger partial charge in [-0.2, -0.15) is 0 Å². The molecule has 0 radical (unpaired) electrons. The Morgan fingerprint density at radius 1 is 1.64 bits per heavy atom. The zero-order valence-corrected chi connectivity index (χ0v) is 7.97. The number of rotatable bonds is 2. The van der Waals surface area contributed by atoms with Gasteiger partial charge in [-0.3, -0.25) is 0 Å². The maximum Gasteiger partial charge on any atom is 0.244 e. The summed E-state index contributed by atoms with van der Waals surface area (Å²) in [4.78, 5) is 0. The van der Waals surface area contributed by atoms with E-state index in [0.29, 0.717) is 5.92 Å². The van der Waals surface area contributed by atoms with Crippen LogP contribution in [-0.4, -0.2) is 4.57 Å². The highest BCUT2D eigenvalue weighted by Gasteiger charge is 2.07. The Hall–Kier alpha value is -0.500. The summed E-state index contributed by atoms with van der Waals surface area (Å²) in [5, 5.41) is 0.783. The lowest BCUT2D eigenvalue weighted by molar-refractivity contribution is -0.701. The molecule has 0 saturated heterocycles. The van der Waals surface area contributed by atoms with E-state index < -0.39 is 0 Å². The first kappa shape index (κ1) is 8.60. The van der Waals surface area contributed by atoms with Crippen LogP contribution in [0.1, 0.15) is 13.8 Å². The summed E-state index contributed by atoms with van der Waals surface area (Å²) in [6.45, 7) is 5.41. The molecule has 0 bridgehead atoms. The van der Waals surface area contributed by atoms with Gasteiger partial charge in [0, 0.05) is 0 Å². The molecular formula is C8H14ClN2+. The van der Waals surface area contributed by atoms with E-state index in [1.54, 1.807) is 0 Å². The molecule has 0 fully saturated rings. The molecule has 0 amide bonds. The number of nitrogens with zero attached hydrogens (tertiary/aromatic N) is 2. The van der Waals surface area contributed by atoms with Crippen LogP contribution in [0.2, 0.25) is 5.15 Å². The molecular weight excluding hydrogens is 160 g/mol. The van der Waals surface area contributed by atoms with Gasteiger partial charge in [-0.05, 0) is 17.5 Å². The molecule has 1 heterocycles. The van der Waals surface area contributed by atoms with E-state index in [4.69, 9.17) is 11.6 Å². The summed E-state index contributed by atoms with van der Waals surface area (Å²) in [6.07, 6.45) is 3.95. The van der Waals surface area contributed by atoms with Crippen molar-refractivity contribution in [2.24, 2.45) is 13.0 Å². The standard InChI is InChI=1S/C8H14ClN2/c1-7(2)4-11-5-8(9)10(3)6-11/h5-7H,4H2,1-3H3/q+1. The number of aryl methyl sites for hydroxylation is 1. The lowest BCUT2D eigenvalue weighted by Crippen LogP contribution is -2.33. The lowest BCUT2D eigenvalue weighted by atomic mass is 10.2. The third kappa shape index (κ3) is 2.22. The van der Waals surface area contributed by atoms with E-state index in [1.807, 2.05) is 24.1 Å². The predicted molar refractivity (Wildman–Crippen MR) is 45.5 cm³/mol. The van der Waals surface area contributed by atoms with Crippen LogP contribution in [0.3, 0.4) is 0 Å². The van der Waals surface area contributed by atoms with Crippen molar-refractivity contribution in [2.45, 2.75) is 20.4 Å². The van der Waals surface area contributed by atoms with Crippen LogP contribution >= 0.6 is 11.6 Å². The maximum atomic E-state index is 5.85. The minimum Gasteiger partial charge on any atom is -0.235 e. The molecule has 62 valence electrons. The average molecular weight is 174 g/mol. The van der Waals surface area contributed by atoms with Crippen LogP contribution in [0.4, 0.5) is 0 Å². The van der Waals surface area contributed by atoms with Gasteiger partial charge in [0.05, 0.1) is 13.6 Å². The first-order valence-corrected chi connectivity index (χ1v) is 4.18. The number of imidazole rings is 1. The summed E-state index contributed by atoms with van der Waals surface area (Å²) in [7, 11) is 1.94. The topological polar surface area (TPSA) is 8.81 Å². The molecule has 1 rings (SSSR count). The van der Waals surface area contributed by atoms with Crippen LogP contribution in [0.25, 0.3) is 0 Å². The van der Waals surface area contributed by atoms with Gasteiger partial charge < -0.3 is 0 Å². The van der Waals surface area contributed by atoms with Crippen molar-refractivity contribution in [3.05, 3.63) is 17.7 Å². The van der Waals surface area contributed by atoms with Crippen LogP contribution in [0.5, 0.6) is 0 Å². The quantitative estimate of drug-likeness (QED) is 0.602. The SMILES string of the molecule is CC(C)C[n+]1cc(Cl)n(C)c1. The van der Waals surface area contributed by atoms with Gasteiger partial charge >= 0.3 is 0 Å². The number of hydrogen-bond acceptors (Lipinski definition) is 0. The smallest absolute Gasteiger partial charge is 0.235 e. The molecule has 3 heteroatoms. The Labute approximate surface area is 72.4 Å². The van der Waals surface area contributed by atoms with Gasteiger partial charge in [0.15, 0.2) is 0 Å². The van der Waals surface area contributed by atoms with Crippen molar-refractivity contribution < 1.29 is 4.57 Å². The van der Waals surface area contributed by atoms with E-state index in [0.717, 1.165) is 11.7 Å². The maximum absolute atomic E-state index is 5.85.